The standard InChI is InChI=1S/C19H30N2O4/c1-10-7-6-8-15(11(10)2)21-16(23)9-25-19(24)18-12(3)17(14(5)22)13(4)20-18/h10-11,14-15,20,22H,6-9H2,1-5H3,(H,21,23)/t10-,11+,14-,15+/m1/s1. The van der Waals surface area contributed by atoms with E-state index >= 15 is 0 Å². The lowest BCUT2D eigenvalue weighted by Gasteiger charge is -2.34. The fourth-order valence-corrected chi connectivity index (χ4v) is 3.83. The van der Waals surface area contributed by atoms with E-state index in [4.69, 9.17) is 4.74 Å². The van der Waals surface area contributed by atoms with Gasteiger partial charge in [0.05, 0.1) is 6.10 Å². The molecular formula is C19H30N2O4. The number of rotatable bonds is 5. The van der Waals surface area contributed by atoms with Gasteiger partial charge in [-0.05, 0) is 44.6 Å². The summed E-state index contributed by atoms with van der Waals surface area (Å²) in [5, 5.41) is 12.8. The molecule has 0 bridgehead atoms. The van der Waals surface area contributed by atoms with Crippen LogP contribution in [0.15, 0.2) is 0 Å². The first-order chi connectivity index (χ1) is 11.7. The monoisotopic (exact) mass is 350 g/mol. The zero-order chi connectivity index (χ0) is 18.7. The van der Waals surface area contributed by atoms with Crippen molar-refractivity contribution in [3.63, 3.8) is 0 Å². The molecule has 4 atom stereocenters. The molecule has 1 aromatic rings. The molecule has 0 unspecified atom stereocenters. The lowest BCUT2D eigenvalue weighted by atomic mass is 9.78. The summed E-state index contributed by atoms with van der Waals surface area (Å²) in [5.74, 6) is 0.170. The summed E-state index contributed by atoms with van der Waals surface area (Å²) in [5.41, 5.74) is 2.38. The van der Waals surface area contributed by atoms with Crippen molar-refractivity contribution in [2.75, 3.05) is 6.61 Å². The van der Waals surface area contributed by atoms with E-state index in [-0.39, 0.29) is 18.6 Å². The van der Waals surface area contributed by atoms with Crippen molar-refractivity contribution in [1.29, 1.82) is 0 Å². The Morgan fingerprint density at radius 1 is 1.32 bits per heavy atom. The zero-order valence-corrected chi connectivity index (χ0v) is 15.8. The molecule has 6 nitrogen and oxygen atoms in total. The number of aliphatic hydroxyl groups excluding tert-OH is 1. The second kappa shape index (κ2) is 8.04. The van der Waals surface area contributed by atoms with Crippen LogP contribution in [0.25, 0.3) is 0 Å². The number of carbonyl (C=O) groups is 2. The molecule has 1 fully saturated rings. The summed E-state index contributed by atoms with van der Waals surface area (Å²) < 4.78 is 5.16. The Kier molecular flexibility index (Phi) is 6.27. The van der Waals surface area contributed by atoms with Crippen molar-refractivity contribution < 1.29 is 19.4 Å². The van der Waals surface area contributed by atoms with Crippen LogP contribution in [-0.2, 0) is 9.53 Å². The maximum absolute atomic E-state index is 12.3. The molecule has 0 saturated heterocycles. The number of nitrogens with one attached hydrogen (secondary N) is 2. The van der Waals surface area contributed by atoms with Gasteiger partial charge in [-0.25, -0.2) is 4.79 Å². The first-order valence-electron chi connectivity index (χ1n) is 9.06. The van der Waals surface area contributed by atoms with Gasteiger partial charge in [0.25, 0.3) is 5.91 Å². The Labute approximate surface area is 149 Å². The highest BCUT2D eigenvalue weighted by molar-refractivity contribution is 5.91. The minimum absolute atomic E-state index is 0.145. The molecule has 1 heterocycles. The predicted molar refractivity (Wildman–Crippen MR) is 95.3 cm³/mol. The molecule has 1 aromatic heterocycles. The number of hydrogen-bond acceptors (Lipinski definition) is 4. The molecule has 0 spiro atoms. The van der Waals surface area contributed by atoms with Gasteiger partial charge in [0.1, 0.15) is 5.69 Å². The topological polar surface area (TPSA) is 91.4 Å². The van der Waals surface area contributed by atoms with E-state index in [1.54, 1.807) is 20.8 Å². The van der Waals surface area contributed by atoms with Gasteiger partial charge in [0, 0.05) is 17.3 Å². The van der Waals surface area contributed by atoms with Crippen LogP contribution in [-0.4, -0.2) is 34.6 Å². The molecule has 0 aromatic carbocycles. The van der Waals surface area contributed by atoms with Crippen molar-refractivity contribution in [1.82, 2.24) is 10.3 Å². The van der Waals surface area contributed by atoms with Crippen molar-refractivity contribution >= 4 is 11.9 Å². The molecule has 6 heteroatoms. The maximum Gasteiger partial charge on any atom is 0.355 e. The van der Waals surface area contributed by atoms with Crippen LogP contribution >= 0.6 is 0 Å². The Balaban J connectivity index is 1.92. The number of amides is 1. The van der Waals surface area contributed by atoms with Crippen LogP contribution in [0.2, 0.25) is 0 Å². The number of aromatic nitrogens is 1. The number of ether oxygens (including phenoxy) is 1. The van der Waals surface area contributed by atoms with Gasteiger partial charge in [0.2, 0.25) is 0 Å². The summed E-state index contributed by atoms with van der Waals surface area (Å²) >= 11 is 0. The van der Waals surface area contributed by atoms with E-state index in [1.807, 2.05) is 0 Å². The Hall–Kier alpha value is -1.82. The van der Waals surface area contributed by atoms with Crippen molar-refractivity contribution in [2.45, 2.75) is 66.0 Å². The van der Waals surface area contributed by atoms with Crippen LogP contribution in [0.4, 0.5) is 0 Å². The average Bonchev–Trinajstić information content (AvgIpc) is 2.84. The number of H-pyrrole nitrogens is 1. The number of aryl methyl sites for hydroxylation is 1. The third-order valence-corrected chi connectivity index (χ3v) is 5.50. The predicted octanol–water partition coefficient (Wildman–Crippen LogP) is 2.78. The molecule has 140 valence electrons. The molecule has 0 aliphatic heterocycles. The van der Waals surface area contributed by atoms with Gasteiger partial charge in [0.15, 0.2) is 6.61 Å². The zero-order valence-electron chi connectivity index (χ0n) is 15.8. The highest BCUT2D eigenvalue weighted by Gasteiger charge is 2.28. The third kappa shape index (κ3) is 4.42. The van der Waals surface area contributed by atoms with E-state index in [9.17, 15) is 14.7 Å². The molecule has 2 rings (SSSR count). The highest BCUT2D eigenvalue weighted by atomic mass is 16.5. The minimum atomic E-state index is -0.670. The third-order valence-electron chi connectivity index (χ3n) is 5.50. The second-order valence-electron chi connectivity index (χ2n) is 7.36. The molecule has 0 radical (unpaired) electrons. The Morgan fingerprint density at radius 3 is 2.60 bits per heavy atom. The fraction of sp³-hybridized carbons (Fsp3) is 0.684. The molecule has 25 heavy (non-hydrogen) atoms. The quantitative estimate of drug-likeness (QED) is 0.712. The van der Waals surface area contributed by atoms with Crippen molar-refractivity contribution in [2.24, 2.45) is 11.8 Å². The molecule has 1 aliphatic carbocycles. The number of esters is 1. The summed E-state index contributed by atoms with van der Waals surface area (Å²) in [6.45, 7) is 9.27. The average molecular weight is 350 g/mol. The Bertz CT molecular complexity index is 636. The highest BCUT2D eigenvalue weighted by Crippen LogP contribution is 2.29. The van der Waals surface area contributed by atoms with E-state index in [0.717, 1.165) is 18.5 Å². The lowest BCUT2D eigenvalue weighted by Crippen LogP contribution is -2.45. The summed E-state index contributed by atoms with van der Waals surface area (Å²) in [4.78, 5) is 27.3. The van der Waals surface area contributed by atoms with Gasteiger partial charge < -0.3 is 20.1 Å². The maximum atomic E-state index is 12.3. The van der Waals surface area contributed by atoms with Crippen LogP contribution in [0.5, 0.6) is 0 Å². The molecule has 1 aliphatic rings. The lowest BCUT2D eigenvalue weighted by molar-refractivity contribution is -0.125. The van der Waals surface area contributed by atoms with Gasteiger partial charge >= 0.3 is 5.97 Å². The fourth-order valence-electron chi connectivity index (χ4n) is 3.83. The first kappa shape index (κ1) is 19.5. The minimum Gasteiger partial charge on any atom is -0.451 e. The summed E-state index contributed by atoms with van der Waals surface area (Å²) in [7, 11) is 0. The SMILES string of the molecule is Cc1[nH]c(C(=O)OCC(=O)N[C@H]2CCC[C@@H](C)[C@@H]2C)c(C)c1[C@@H](C)O. The van der Waals surface area contributed by atoms with Crippen molar-refractivity contribution in [3.8, 4) is 0 Å². The van der Waals surface area contributed by atoms with Gasteiger partial charge in [-0.2, -0.15) is 0 Å². The number of aliphatic hydroxyl groups is 1. The number of carbonyl (C=O) groups excluding carboxylic acids is 2. The molecule has 1 saturated carbocycles. The molecule has 3 N–H and O–H groups in total. The summed E-state index contributed by atoms with van der Waals surface area (Å²) in [6.07, 6.45) is 2.60. The van der Waals surface area contributed by atoms with Crippen LogP contribution in [0.3, 0.4) is 0 Å². The molecular weight excluding hydrogens is 320 g/mol. The number of aromatic amines is 1. The van der Waals surface area contributed by atoms with E-state index < -0.39 is 12.1 Å². The van der Waals surface area contributed by atoms with Crippen LogP contribution < -0.4 is 5.32 Å². The second-order valence-corrected chi connectivity index (χ2v) is 7.36. The van der Waals surface area contributed by atoms with Gasteiger partial charge in [-0.3, -0.25) is 4.79 Å². The Morgan fingerprint density at radius 2 is 2.00 bits per heavy atom. The van der Waals surface area contributed by atoms with Gasteiger partial charge in [-0.15, -0.1) is 0 Å². The van der Waals surface area contributed by atoms with E-state index in [0.29, 0.717) is 28.7 Å². The molecule has 1 amide bonds. The van der Waals surface area contributed by atoms with Crippen LogP contribution in [0.1, 0.15) is 73.4 Å². The summed E-state index contributed by atoms with van der Waals surface area (Å²) in [6, 6.07) is 0.145. The van der Waals surface area contributed by atoms with E-state index in [1.165, 1.54) is 6.42 Å². The smallest absolute Gasteiger partial charge is 0.355 e. The normalized spacial score (nSPS) is 24.6. The van der Waals surface area contributed by atoms with Crippen LogP contribution in [0, 0.1) is 25.7 Å². The number of hydrogen-bond donors (Lipinski definition) is 3. The largest absolute Gasteiger partial charge is 0.451 e. The van der Waals surface area contributed by atoms with Gasteiger partial charge in [-0.1, -0.05) is 26.7 Å². The van der Waals surface area contributed by atoms with E-state index in [2.05, 4.69) is 24.1 Å². The first-order valence-corrected chi connectivity index (χ1v) is 9.06. The van der Waals surface area contributed by atoms with Crippen molar-refractivity contribution in [3.05, 3.63) is 22.5 Å².